The highest BCUT2D eigenvalue weighted by Gasteiger charge is 2.27. The van der Waals surface area contributed by atoms with Gasteiger partial charge in [0.15, 0.2) is 6.10 Å². The molecule has 0 aliphatic heterocycles. The molecule has 328 valence electrons. The molecule has 0 aliphatic carbocycles. The molecular weight excluding hydrogens is 750 g/mol. The Balaban J connectivity index is 4.48. The number of likely N-dealkylation sites (N-methyl/N-ethyl adjacent to an activating group) is 1. The lowest BCUT2D eigenvalue weighted by molar-refractivity contribution is -0.870. The van der Waals surface area contributed by atoms with Crippen LogP contribution < -0.4 is 0 Å². The fourth-order valence-corrected chi connectivity index (χ4v) is 5.76. The highest BCUT2D eigenvalue weighted by molar-refractivity contribution is 7.47. The summed E-state index contributed by atoms with van der Waals surface area (Å²) in [6.45, 7) is 4.06. The molecule has 1 N–H and O–H groups in total. The molecule has 0 saturated carbocycles. The molecule has 0 rings (SSSR count). The summed E-state index contributed by atoms with van der Waals surface area (Å²) in [5.74, 6) is -0.888. The minimum absolute atomic E-state index is 0.0132. The minimum atomic E-state index is -4.40. The zero-order chi connectivity index (χ0) is 42.8. The second-order valence-corrected chi connectivity index (χ2v) is 16.5. The first-order valence-corrected chi connectivity index (χ1v) is 23.1. The lowest BCUT2D eigenvalue weighted by Gasteiger charge is -2.24. The summed E-state index contributed by atoms with van der Waals surface area (Å²) < 4.78 is 34.2. The van der Waals surface area contributed by atoms with Gasteiger partial charge in [-0.15, -0.1) is 0 Å². The van der Waals surface area contributed by atoms with Gasteiger partial charge in [0, 0.05) is 12.8 Å². The van der Waals surface area contributed by atoms with Crippen molar-refractivity contribution in [3.63, 3.8) is 0 Å². The van der Waals surface area contributed by atoms with Gasteiger partial charge in [-0.1, -0.05) is 142 Å². The predicted octanol–water partition coefficient (Wildman–Crippen LogP) is 12.3. The second kappa shape index (κ2) is 39.1. The minimum Gasteiger partial charge on any atom is -0.462 e. The van der Waals surface area contributed by atoms with E-state index in [1.165, 1.54) is 0 Å². The van der Waals surface area contributed by atoms with Crippen molar-refractivity contribution >= 4 is 19.8 Å². The van der Waals surface area contributed by atoms with E-state index >= 15 is 0 Å². The van der Waals surface area contributed by atoms with E-state index in [9.17, 15) is 19.0 Å². The summed E-state index contributed by atoms with van der Waals surface area (Å²) in [7, 11) is 1.41. The van der Waals surface area contributed by atoms with E-state index in [2.05, 4.69) is 105 Å². The SMILES string of the molecule is CC/C=C/C=C/C=C/CCCCCCCC(=O)OC(COC(=O)CCCC/C=C/C/C=C/C/C=C/C/C=C/C/C=C/C/C=C/CC)COP(=O)(O)OCC[N+](C)(C)C. The first kappa shape index (κ1) is 54.7. The number of allylic oxidation sites excluding steroid dienone is 18. The first-order chi connectivity index (χ1) is 28.0. The first-order valence-electron chi connectivity index (χ1n) is 21.6. The van der Waals surface area contributed by atoms with Crippen LogP contribution in [0.5, 0.6) is 0 Å². The summed E-state index contributed by atoms with van der Waals surface area (Å²) in [6.07, 6.45) is 52.9. The number of hydrogen-bond donors (Lipinski definition) is 1. The average molecular weight is 829 g/mol. The number of carbonyl (C=O) groups excluding carboxylic acids is 2. The second-order valence-electron chi connectivity index (χ2n) is 15.0. The van der Waals surface area contributed by atoms with Gasteiger partial charge in [0.1, 0.15) is 19.8 Å². The highest BCUT2D eigenvalue weighted by Crippen LogP contribution is 2.43. The fraction of sp³-hybridized carbons (Fsp3) is 0.583. The number of hydrogen-bond acceptors (Lipinski definition) is 7. The average Bonchev–Trinajstić information content (AvgIpc) is 3.17. The molecule has 0 bridgehead atoms. The van der Waals surface area contributed by atoms with Gasteiger partial charge in [-0.05, 0) is 83.5 Å². The Kier molecular flexibility index (Phi) is 36.9. The van der Waals surface area contributed by atoms with Gasteiger partial charge in [-0.3, -0.25) is 18.6 Å². The van der Waals surface area contributed by atoms with E-state index in [1.807, 2.05) is 39.4 Å². The van der Waals surface area contributed by atoms with E-state index in [1.54, 1.807) is 0 Å². The number of nitrogens with zero attached hydrogens (tertiary/aromatic N) is 1. The molecule has 2 atom stereocenters. The number of unbranched alkanes of at least 4 members (excludes halogenated alkanes) is 7. The van der Waals surface area contributed by atoms with Crippen LogP contribution in [0.15, 0.2) is 109 Å². The third-order valence-electron chi connectivity index (χ3n) is 8.36. The van der Waals surface area contributed by atoms with Crippen molar-refractivity contribution in [1.29, 1.82) is 0 Å². The zero-order valence-electron chi connectivity index (χ0n) is 36.7. The van der Waals surface area contributed by atoms with Crippen LogP contribution in [0.25, 0.3) is 0 Å². The maximum Gasteiger partial charge on any atom is 0.472 e. The Morgan fingerprint density at radius 1 is 0.552 bits per heavy atom. The molecule has 2 unspecified atom stereocenters. The lowest BCUT2D eigenvalue weighted by atomic mass is 10.1. The van der Waals surface area contributed by atoms with Crippen molar-refractivity contribution in [3.05, 3.63) is 109 Å². The Labute approximate surface area is 353 Å². The Hall–Kier alpha value is -3.33. The van der Waals surface area contributed by atoms with E-state index in [4.69, 9.17) is 18.5 Å². The topological polar surface area (TPSA) is 108 Å². The molecule has 58 heavy (non-hydrogen) atoms. The number of quaternary nitrogens is 1. The van der Waals surface area contributed by atoms with Crippen molar-refractivity contribution < 1.29 is 42.1 Å². The van der Waals surface area contributed by atoms with Gasteiger partial charge in [0.25, 0.3) is 0 Å². The van der Waals surface area contributed by atoms with Crippen molar-refractivity contribution in [1.82, 2.24) is 0 Å². The Morgan fingerprint density at radius 2 is 1.02 bits per heavy atom. The molecule has 0 saturated heterocycles. The van der Waals surface area contributed by atoms with E-state index in [-0.39, 0.29) is 26.1 Å². The predicted molar refractivity (Wildman–Crippen MR) is 242 cm³/mol. The van der Waals surface area contributed by atoms with Gasteiger partial charge in [-0.2, -0.15) is 0 Å². The van der Waals surface area contributed by atoms with Crippen molar-refractivity contribution in [2.75, 3.05) is 47.5 Å². The van der Waals surface area contributed by atoms with Gasteiger partial charge >= 0.3 is 19.8 Å². The van der Waals surface area contributed by atoms with Crippen LogP contribution >= 0.6 is 7.82 Å². The number of phosphoric ester groups is 1. The highest BCUT2D eigenvalue weighted by atomic mass is 31.2. The molecule has 0 aliphatic rings. The number of rotatable bonds is 37. The third kappa shape index (κ3) is 42.3. The normalized spacial score (nSPS) is 14.7. The molecular formula is C48H79NO8P+. The van der Waals surface area contributed by atoms with E-state index in [0.717, 1.165) is 89.9 Å². The lowest BCUT2D eigenvalue weighted by Crippen LogP contribution is -2.37. The molecule has 0 spiro atoms. The molecule has 0 aromatic carbocycles. The molecule has 9 nitrogen and oxygen atoms in total. The molecule has 0 aromatic rings. The van der Waals surface area contributed by atoms with Gasteiger partial charge in [0.2, 0.25) is 0 Å². The maximum atomic E-state index is 12.7. The fourth-order valence-electron chi connectivity index (χ4n) is 5.01. The molecule has 0 fully saturated rings. The largest absolute Gasteiger partial charge is 0.472 e. The molecule has 10 heteroatoms. The number of ether oxygens (including phenoxy) is 2. The maximum absolute atomic E-state index is 12.7. The summed E-state index contributed by atoms with van der Waals surface area (Å²) in [6, 6.07) is 0. The number of esters is 2. The molecule has 0 heterocycles. The van der Waals surface area contributed by atoms with Crippen molar-refractivity contribution in [3.8, 4) is 0 Å². The van der Waals surface area contributed by atoms with Crippen LogP contribution in [0, 0.1) is 0 Å². The summed E-state index contributed by atoms with van der Waals surface area (Å²) in [4.78, 5) is 35.3. The van der Waals surface area contributed by atoms with Crippen LogP contribution in [0.4, 0.5) is 0 Å². The van der Waals surface area contributed by atoms with Gasteiger partial charge < -0.3 is 18.9 Å². The van der Waals surface area contributed by atoms with Crippen LogP contribution in [-0.2, 0) is 32.7 Å². The van der Waals surface area contributed by atoms with E-state index < -0.39 is 32.5 Å². The van der Waals surface area contributed by atoms with Gasteiger partial charge in [0.05, 0.1) is 27.7 Å². The van der Waals surface area contributed by atoms with Gasteiger partial charge in [-0.25, -0.2) is 4.57 Å². The van der Waals surface area contributed by atoms with Crippen molar-refractivity contribution in [2.24, 2.45) is 0 Å². The van der Waals surface area contributed by atoms with Crippen LogP contribution in [0.3, 0.4) is 0 Å². The third-order valence-corrected chi connectivity index (χ3v) is 9.34. The molecule has 0 aromatic heterocycles. The van der Waals surface area contributed by atoms with Crippen molar-refractivity contribution in [2.45, 2.75) is 136 Å². The Morgan fingerprint density at radius 3 is 1.60 bits per heavy atom. The number of carbonyl (C=O) groups is 2. The summed E-state index contributed by atoms with van der Waals surface area (Å²) in [5, 5.41) is 0. The standard InChI is InChI=1S/C48H78NO8P/c1-6-8-10-12-14-16-18-20-21-22-23-24-25-26-27-29-30-32-34-36-38-40-47(50)54-44-46(45-56-58(52,53)55-43-42-49(3,4)5)57-48(51)41-39-37-35-33-31-28-19-17-15-13-11-9-7-2/h8-11,13-17,19-21,23-24,26-27,30,32,46H,6-7,12,18,22,25,28-29,31,33-45H2,1-5H3/p+1/b10-8+,11-9+,15-13+,16-14+,19-17+,21-20+,24-23+,27-26+,32-30+. The van der Waals surface area contributed by atoms with E-state index in [0.29, 0.717) is 23.9 Å². The smallest absolute Gasteiger partial charge is 0.462 e. The van der Waals surface area contributed by atoms with Crippen LogP contribution in [0.2, 0.25) is 0 Å². The summed E-state index contributed by atoms with van der Waals surface area (Å²) >= 11 is 0. The monoisotopic (exact) mass is 829 g/mol. The zero-order valence-corrected chi connectivity index (χ0v) is 37.6. The number of phosphoric acid groups is 1. The summed E-state index contributed by atoms with van der Waals surface area (Å²) in [5.41, 5.74) is 0. The van der Waals surface area contributed by atoms with Crippen LogP contribution in [-0.4, -0.2) is 74.9 Å². The van der Waals surface area contributed by atoms with Crippen LogP contribution in [0.1, 0.15) is 129 Å². The Bertz CT molecular complexity index is 1350. The quantitative estimate of drug-likeness (QED) is 0.0165. The molecule has 0 radical (unpaired) electrons. The molecule has 0 amide bonds.